The van der Waals surface area contributed by atoms with Crippen LogP contribution in [0.2, 0.25) is 0 Å². The zero-order valence-electron chi connectivity index (χ0n) is 20.6. The van der Waals surface area contributed by atoms with E-state index in [1.807, 2.05) is 10.6 Å². The predicted molar refractivity (Wildman–Crippen MR) is 136 cm³/mol. The molecule has 1 aliphatic heterocycles. The second-order valence-corrected chi connectivity index (χ2v) is 9.98. The number of carbonyl (C=O) groups excluding carboxylic acids is 1. The molecular formula is C28H22F3N7O. The Hall–Kier alpha value is -4.54. The molecule has 2 aromatic carbocycles. The Kier molecular flexibility index (Phi) is 5.46. The summed E-state index contributed by atoms with van der Waals surface area (Å²) in [5.41, 5.74) is 2.59. The summed E-state index contributed by atoms with van der Waals surface area (Å²) in [5.74, 6) is -2.05. The Morgan fingerprint density at radius 3 is 2.64 bits per heavy atom. The molecule has 3 aromatic heterocycles. The average Bonchev–Trinajstić information content (AvgIpc) is 3.69. The number of pyridine rings is 1. The van der Waals surface area contributed by atoms with Gasteiger partial charge in [0.1, 0.15) is 29.2 Å². The molecule has 1 aliphatic carbocycles. The molecule has 0 radical (unpaired) electrons. The summed E-state index contributed by atoms with van der Waals surface area (Å²) in [6, 6.07) is 10.5. The first-order valence-corrected chi connectivity index (χ1v) is 12.8. The number of imidazole rings is 1. The fraction of sp³-hybridized carbons (Fsp3) is 0.250. The summed E-state index contributed by atoms with van der Waals surface area (Å²) in [6.07, 6.45) is 5.88. The number of aromatic amines is 1. The van der Waals surface area contributed by atoms with Crippen molar-refractivity contribution < 1.29 is 18.0 Å². The number of nitrogens with zero attached hydrogens (tertiary/aromatic N) is 6. The molecule has 0 bridgehead atoms. The lowest BCUT2D eigenvalue weighted by atomic mass is 9.89. The molecule has 5 aromatic rings. The van der Waals surface area contributed by atoms with E-state index >= 15 is 4.39 Å². The third-order valence-corrected chi connectivity index (χ3v) is 7.77. The topological polar surface area (TPSA) is 92.6 Å². The SMILES string of the molecule is O=C1c2c(ccc(F)c2F)CN1C1CCCC(n2c(-c3ccccc3F)nc3cnc(-c4ncn[nH]4)cc32)C1. The molecule has 0 spiro atoms. The first-order chi connectivity index (χ1) is 19.0. The van der Waals surface area contributed by atoms with E-state index in [1.165, 1.54) is 18.5 Å². The molecule has 4 heterocycles. The molecule has 2 unspecified atom stereocenters. The average molecular weight is 530 g/mol. The molecular weight excluding hydrogens is 507 g/mol. The first-order valence-electron chi connectivity index (χ1n) is 12.8. The monoisotopic (exact) mass is 529 g/mol. The maximum absolute atomic E-state index is 15.0. The smallest absolute Gasteiger partial charge is 0.257 e. The van der Waals surface area contributed by atoms with Crippen molar-refractivity contribution in [2.45, 2.75) is 44.3 Å². The van der Waals surface area contributed by atoms with Gasteiger partial charge in [-0.05, 0) is 55.5 Å². The number of hydrogen-bond donors (Lipinski definition) is 1. The van der Waals surface area contributed by atoms with E-state index in [0.29, 0.717) is 40.4 Å². The summed E-state index contributed by atoms with van der Waals surface area (Å²) in [7, 11) is 0. The Labute approximate surface area is 220 Å². The Morgan fingerprint density at radius 1 is 0.974 bits per heavy atom. The second-order valence-electron chi connectivity index (χ2n) is 9.98. The minimum absolute atomic E-state index is 0.133. The van der Waals surface area contributed by atoms with Crippen LogP contribution in [0.15, 0.2) is 55.0 Å². The van der Waals surface area contributed by atoms with E-state index in [-0.39, 0.29) is 24.2 Å². The number of hydrogen-bond acceptors (Lipinski definition) is 5. The molecule has 11 heteroatoms. The summed E-state index contributed by atoms with van der Waals surface area (Å²) in [6.45, 7) is 0.229. The van der Waals surface area contributed by atoms with E-state index < -0.39 is 23.4 Å². The van der Waals surface area contributed by atoms with Gasteiger partial charge in [-0.15, -0.1) is 0 Å². The number of halogens is 3. The highest BCUT2D eigenvalue weighted by molar-refractivity contribution is 5.98. The number of amides is 1. The highest BCUT2D eigenvalue weighted by Crippen LogP contribution is 2.40. The number of fused-ring (bicyclic) bond motifs is 2. The molecule has 1 N–H and O–H groups in total. The number of carbonyl (C=O) groups is 1. The molecule has 1 fully saturated rings. The van der Waals surface area contributed by atoms with Gasteiger partial charge in [-0.2, -0.15) is 5.10 Å². The predicted octanol–water partition coefficient (Wildman–Crippen LogP) is 5.44. The highest BCUT2D eigenvalue weighted by Gasteiger charge is 2.39. The van der Waals surface area contributed by atoms with E-state index in [1.54, 1.807) is 29.3 Å². The number of aromatic nitrogens is 6. The molecule has 7 rings (SSSR count). The maximum atomic E-state index is 15.0. The van der Waals surface area contributed by atoms with Crippen molar-refractivity contribution in [2.24, 2.45) is 0 Å². The fourth-order valence-corrected chi connectivity index (χ4v) is 5.96. The number of benzene rings is 2. The highest BCUT2D eigenvalue weighted by atomic mass is 19.2. The van der Waals surface area contributed by atoms with E-state index in [4.69, 9.17) is 4.98 Å². The van der Waals surface area contributed by atoms with Crippen LogP contribution in [0.4, 0.5) is 13.2 Å². The quantitative estimate of drug-likeness (QED) is 0.335. The minimum Gasteiger partial charge on any atom is -0.331 e. The standard InChI is InChI=1S/C28H22F3N7O/c29-19-7-2-1-6-18(19)27-35-22-12-32-21(26-33-14-34-36-26)11-23(22)38(27)17-5-3-4-16(10-17)37-13-15-8-9-20(30)25(31)24(15)28(37)39/h1-2,6-9,11-12,14,16-17H,3-5,10,13H2,(H,33,34,36). The van der Waals surface area contributed by atoms with Crippen molar-refractivity contribution >= 4 is 16.9 Å². The lowest BCUT2D eigenvalue weighted by Gasteiger charge is -2.36. The largest absolute Gasteiger partial charge is 0.331 e. The zero-order chi connectivity index (χ0) is 26.7. The third-order valence-electron chi connectivity index (χ3n) is 7.77. The normalized spacial score (nSPS) is 19.2. The van der Waals surface area contributed by atoms with Crippen LogP contribution in [0.25, 0.3) is 33.9 Å². The summed E-state index contributed by atoms with van der Waals surface area (Å²) >= 11 is 0. The minimum atomic E-state index is -1.10. The molecule has 0 saturated heterocycles. The third kappa shape index (κ3) is 3.79. The summed E-state index contributed by atoms with van der Waals surface area (Å²) in [4.78, 5) is 28.3. The second kappa shape index (κ2) is 9.04. The van der Waals surface area contributed by atoms with Crippen LogP contribution in [0, 0.1) is 17.5 Å². The lowest BCUT2D eigenvalue weighted by Crippen LogP contribution is -2.39. The van der Waals surface area contributed by atoms with Crippen molar-refractivity contribution in [1.82, 2.24) is 34.6 Å². The van der Waals surface area contributed by atoms with Gasteiger partial charge < -0.3 is 9.47 Å². The van der Waals surface area contributed by atoms with Crippen molar-refractivity contribution in [2.75, 3.05) is 0 Å². The molecule has 1 saturated carbocycles. The van der Waals surface area contributed by atoms with Gasteiger partial charge in [0, 0.05) is 18.6 Å². The summed E-state index contributed by atoms with van der Waals surface area (Å²) in [5, 5.41) is 6.73. The van der Waals surface area contributed by atoms with E-state index in [2.05, 4.69) is 20.2 Å². The summed E-state index contributed by atoms with van der Waals surface area (Å²) < 4.78 is 45.5. The van der Waals surface area contributed by atoms with Gasteiger partial charge in [-0.1, -0.05) is 18.2 Å². The van der Waals surface area contributed by atoms with Gasteiger partial charge in [0.2, 0.25) is 0 Å². The molecule has 2 atom stereocenters. The Balaban J connectivity index is 1.31. The maximum Gasteiger partial charge on any atom is 0.257 e. The Morgan fingerprint density at radius 2 is 1.82 bits per heavy atom. The number of nitrogens with one attached hydrogen (secondary N) is 1. The van der Waals surface area contributed by atoms with Crippen LogP contribution in [0.1, 0.15) is 47.6 Å². The molecule has 8 nitrogen and oxygen atoms in total. The molecule has 2 aliphatic rings. The van der Waals surface area contributed by atoms with Crippen LogP contribution in [0.5, 0.6) is 0 Å². The van der Waals surface area contributed by atoms with Crippen LogP contribution in [-0.4, -0.2) is 46.6 Å². The fourth-order valence-electron chi connectivity index (χ4n) is 5.96. The molecule has 1 amide bonds. The van der Waals surface area contributed by atoms with Gasteiger partial charge in [-0.3, -0.25) is 14.9 Å². The Bertz CT molecular complexity index is 1730. The van der Waals surface area contributed by atoms with Gasteiger partial charge in [0.15, 0.2) is 17.5 Å². The first kappa shape index (κ1) is 23.6. The van der Waals surface area contributed by atoms with Crippen LogP contribution >= 0.6 is 0 Å². The number of rotatable bonds is 4. The van der Waals surface area contributed by atoms with Crippen LogP contribution in [0.3, 0.4) is 0 Å². The zero-order valence-corrected chi connectivity index (χ0v) is 20.6. The van der Waals surface area contributed by atoms with Gasteiger partial charge in [-0.25, -0.2) is 23.1 Å². The van der Waals surface area contributed by atoms with Crippen LogP contribution in [-0.2, 0) is 6.54 Å². The van der Waals surface area contributed by atoms with Gasteiger partial charge >= 0.3 is 0 Å². The van der Waals surface area contributed by atoms with Crippen molar-refractivity contribution in [3.63, 3.8) is 0 Å². The van der Waals surface area contributed by atoms with Gasteiger partial charge in [0.25, 0.3) is 5.91 Å². The van der Waals surface area contributed by atoms with Crippen molar-refractivity contribution in [3.05, 3.63) is 83.6 Å². The van der Waals surface area contributed by atoms with Crippen molar-refractivity contribution in [1.29, 1.82) is 0 Å². The lowest BCUT2D eigenvalue weighted by molar-refractivity contribution is 0.0627. The molecule has 196 valence electrons. The number of H-pyrrole nitrogens is 1. The van der Waals surface area contributed by atoms with Gasteiger partial charge in [0.05, 0.1) is 22.8 Å². The van der Waals surface area contributed by atoms with E-state index in [0.717, 1.165) is 30.8 Å². The van der Waals surface area contributed by atoms with E-state index in [9.17, 15) is 13.6 Å². The van der Waals surface area contributed by atoms with Crippen LogP contribution < -0.4 is 0 Å². The van der Waals surface area contributed by atoms with Crippen molar-refractivity contribution in [3.8, 4) is 22.9 Å². The molecule has 39 heavy (non-hydrogen) atoms.